The van der Waals surface area contributed by atoms with Crippen molar-refractivity contribution in [1.82, 2.24) is 19.6 Å². The molecule has 0 fully saturated rings. The molecule has 5 nitrogen and oxygen atoms in total. The second-order valence-electron chi connectivity index (χ2n) is 4.70. The van der Waals surface area contributed by atoms with E-state index in [1.165, 1.54) is 6.20 Å². The molecule has 0 unspecified atom stereocenters. The van der Waals surface area contributed by atoms with Gasteiger partial charge in [0, 0.05) is 12.6 Å². The maximum atomic E-state index is 12.6. The van der Waals surface area contributed by atoms with Crippen molar-refractivity contribution in [3.8, 4) is 0 Å². The van der Waals surface area contributed by atoms with Gasteiger partial charge in [-0.25, -0.2) is 0 Å². The minimum absolute atomic E-state index is 0.0746. The van der Waals surface area contributed by atoms with Crippen LogP contribution in [-0.4, -0.2) is 25.3 Å². The fourth-order valence-electron chi connectivity index (χ4n) is 2.04. The number of carbonyl (C=O) groups is 1. The Labute approximate surface area is 117 Å². The van der Waals surface area contributed by atoms with Gasteiger partial charge in [-0.2, -0.15) is 10.2 Å². The highest BCUT2D eigenvalue weighted by atomic mass is 35.5. The van der Waals surface area contributed by atoms with Gasteiger partial charge in [0.2, 0.25) is 5.78 Å². The molecule has 0 bridgehead atoms. The molecular weight excluding hydrogens is 264 g/mol. The van der Waals surface area contributed by atoms with Crippen LogP contribution in [0.3, 0.4) is 0 Å². The molecule has 6 heteroatoms. The highest BCUT2D eigenvalue weighted by molar-refractivity contribution is 6.34. The van der Waals surface area contributed by atoms with Gasteiger partial charge in [0.25, 0.3) is 0 Å². The SMILES string of the molecule is CCn1nc(C)cc1C(=O)c1c(Cl)cnn1C(C)C. The lowest BCUT2D eigenvalue weighted by Gasteiger charge is -2.11. The lowest BCUT2D eigenvalue weighted by atomic mass is 10.2. The van der Waals surface area contributed by atoms with Crippen molar-refractivity contribution in [1.29, 1.82) is 0 Å². The summed E-state index contributed by atoms with van der Waals surface area (Å²) in [6.07, 6.45) is 1.51. The topological polar surface area (TPSA) is 52.7 Å². The van der Waals surface area contributed by atoms with Crippen LogP contribution in [0.4, 0.5) is 0 Å². The Morgan fingerprint density at radius 1 is 1.47 bits per heavy atom. The van der Waals surface area contributed by atoms with E-state index in [1.807, 2.05) is 27.7 Å². The molecular formula is C13H17ClN4O. The quantitative estimate of drug-likeness (QED) is 0.809. The van der Waals surface area contributed by atoms with Crippen LogP contribution in [0.5, 0.6) is 0 Å². The predicted octanol–water partition coefficient (Wildman–Crippen LogP) is 2.87. The van der Waals surface area contributed by atoms with Crippen LogP contribution >= 0.6 is 11.6 Å². The van der Waals surface area contributed by atoms with Gasteiger partial charge in [0.1, 0.15) is 11.4 Å². The summed E-state index contributed by atoms with van der Waals surface area (Å²) in [5.41, 5.74) is 1.78. The van der Waals surface area contributed by atoms with Crippen LogP contribution in [0.15, 0.2) is 12.3 Å². The number of hydrogen-bond donors (Lipinski definition) is 0. The summed E-state index contributed by atoms with van der Waals surface area (Å²) in [5.74, 6) is -0.140. The van der Waals surface area contributed by atoms with Crippen LogP contribution < -0.4 is 0 Å². The van der Waals surface area contributed by atoms with Crippen molar-refractivity contribution in [2.24, 2.45) is 0 Å². The van der Waals surface area contributed by atoms with E-state index in [0.29, 0.717) is 23.0 Å². The van der Waals surface area contributed by atoms with E-state index >= 15 is 0 Å². The lowest BCUT2D eigenvalue weighted by Crippen LogP contribution is -2.17. The molecule has 0 amide bonds. The third-order valence-corrected chi connectivity index (χ3v) is 3.17. The van der Waals surface area contributed by atoms with Crippen molar-refractivity contribution in [2.75, 3.05) is 0 Å². The van der Waals surface area contributed by atoms with Crippen LogP contribution in [-0.2, 0) is 6.54 Å². The maximum Gasteiger partial charge on any atom is 0.230 e. The number of rotatable bonds is 4. The number of ketones is 1. The molecule has 0 aromatic carbocycles. The van der Waals surface area contributed by atoms with Gasteiger partial charge < -0.3 is 0 Å². The molecule has 102 valence electrons. The number of nitrogens with zero attached hydrogens (tertiary/aromatic N) is 4. The molecule has 0 radical (unpaired) electrons. The summed E-state index contributed by atoms with van der Waals surface area (Å²) in [7, 11) is 0. The molecule has 0 aliphatic rings. The minimum atomic E-state index is -0.140. The second kappa shape index (κ2) is 5.17. The molecule has 2 rings (SSSR count). The summed E-state index contributed by atoms with van der Waals surface area (Å²) in [4.78, 5) is 12.6. The van der Waals surface area contributed by atoms with Crippen molar-refractivity contribution in [3.63, 3.8) is 0 Å². The molecule has 2 aromatic heterocycles. The molecule has 0 saturated carbocycles. The van der Waals surface area contributed by atoms with Crippen molar-refractivity contribution in [3.05, 3.63) is 34.4 Å². The third-order valence-electron chi connectivity index (χ3n) is 2.89. The summed E-state index contributed by atoms with van der Waals surface area (Å²) in [5, 5.41) is 8.82. The van der Waals surface area contributed by atoms with E-state index < -0.39 is 0 Å². The van der Waals surface area contributed by atoms with Crippen molar-refractivity contribution >= 4 is 17.4 Å². The molecule has 19 heavy (non-hydrogen) atoms. The summed E-state index contributed by atoms with van der Waals surface area (Å²) < 4.78 is 3.33. The average Bonchev–Trinajstić information content (AvgIpc) is 2.91. The summed E-state index contributed by atoms with van der Waals surface area (Å²) in [6.45, 7) is 8.38. The number of halogens is 1. The molecule has 0 saturated heterocycles. The molecule has 2 heterocycles. The van der Waals surface area contributed by atoms with E-state index in [4.69, 9.17) is 11.6 Å². The Kier molecular flexibility index (Phi) is 3.75. The van der Waals surface area contributed by atoms with Gasteiger partial charge in [0.05, 0.1) is 16.9 Å². The Hall–Kier alpha value is -1.62. The van der Waals surface area contributed by atoms with E-state index in [-0.39, 0.29) is 11.8 Å². The second-order valence-corrected chi connectivity index (χ2v) is 5.10. The van der Waals surface area contributed by atoms with Crippen molar-refractivity contribution < 1.29 is 4.79 Å². The third kappa shape index (κ3) is 2.42. The van der Waals surface area contributed by atoms with E-state index in [1.54, 1.807) is 15.4 Å². The first kappa shape index (κ1) is 13.8. The monoisotopic (exact) mass is 280 g/mol. The Bertz CT molecular complexity index is 612. The maximum absolute atomic E-state index is 12.6. The normalized spacial score (nSPS) is 11.3. The smallest absolute Gasteiger partial charge is 0.230 e. The average molecular weight is 281 g/mol. The van der Waals surface area contributed by atoms with Gasteiger partial charge in [-0.3, -0.25) is 14.2 Å². The lowest BCUT2D eigenvalue weighted by molar-refractivity contribution is 0.101. The van der Waals surface area contributed by atoms with Crippen LogP contribution in [0.2, 0.25) is 5.02 Å². The Morgan fingerprint density at radius 3 is 2.74 bits per heavy atom. The zero-order valence-electron chi connectivity index (χ0n) is 11.5. The van der Waals surface area contributed by atoms with E-state index in [0.717, 1.165) is 5.69 Å². The molecule has 0 spiro atoms. The van der Waals surface area contributed by atoms with Crippen LogP contribution in [0, 0.1) is 6.92 Å². The minimum Gasteiger partial charge on any atom is -0.285 e. The first-order chi connectivity index (χ1) is 8.95. The van der Waals surface area contributed by atoms with Crippen molar-refractivity contribution in [2.45, 2.75) is 40.3 Å². The standard InChI is InChI=1S/C13H17ClN4O/c1-5-17-11(6-9(4)16-17)13(19)12-10(14)7-15-18(12)8(2)3/h6-8H,5H2,1-4H3. The summed E-state index contributed by atoms with van der Waals surface area (Å²) >= 11 is 6.10. The number of aromatic nitrogens is 4. The summed E-state index contributed by atoms with van der Waals surface area (Å²) in [6, 6.07) is 1.85. The van der Waals surface area contributed by atoms with Crippen LogP contribution in [0.25, 0.3) is 0 Å². The number of carbonyl (C=O) groups excluding carboxylic acids is 1. The Morgan fingerprint density at radius 2 is 2.16 bits per heavy atom. The number of aryl methyl sites for hydroxylation is 2. The van der Waals surface area contributed by atoms with Gasteiger partial charge in [-0.15, -0.1) is 0 Å². The first-order valence-electron chi connectivity index (χ1n) is 6.27. The van der Waals surface area contributed by atoms with E-state index in [9.17, 15) is 4.79 Å². The molecule has 0 atom stereocenters. The highest BCUT2D eigenvalue weighted by Crippen LogP contribution is 2.22. The zero-order chi connectivity index (χ0) is 14.2. The van der Waals surface area contributed by atoms with Gasteiger partial charge in [-0.1, -0.05) is 11.6 Å². The molecule has 0 aliphatic carbocycles. The van der Waals surface area contributed by atoms with Gasteiger partial charge in [-0.05, 0) is 33.8 Å². The fraction of sp³-hybridized carbons (Fsp3) is 0.462. The van der Waals surface area contributed by atoms with Gasteiger partial charge >= 0.3 is 0 Å². The molecule has 0 aliphatic heterocycles. The first-order valence-corrected chi connectivity index (χ1v) is 6.65. The fourth-order valence-corrected chi connectivity index (χ4v) is 2.25. The molecule has 2 aromatic rings. The van der Waals surface area contributed by atoms with Gasteiger partial charge in [0.15, 0.2) is 0 Å². The largest absolute Gasteiger partial charge is 0.285 e. The Balaban J connectivity index is 2.52. The molecule has 0 N–H and O–H groups in total. The highest BCUT2D eigenvalue weighted by Gasteiger charge is 2.23. The van der Waals surface area contributed by atoms with E-state index in [2.05, 4.69) is 10.2 Å². The number of hydrogen-bond acceptors (Lipinski definition) is 3. The van der Waals surface area contributed by atoms with Crippen LogP contribution in [0.1, 0.15) is 48.7 Å². The zero-order valence-corrected chi connectivity index (χ0v) is 12.3. The predicted molar refractivity (Wildman–Crippen MR) is 73.7 cm³/mol.